The first kappa shape index (κ1) is 27.6. The lowest BCUT2D eigenvalue weighted by Crippen LogP contribution is -2.61. The van der Waals surface area contributed by atoms with E-state index >= 15 is 0 Å². The van der Waals surface area contributed by atoms with Gasteiger partial charge in [-0.2, -0.15) is 5.26 Å². The summed E-state index contributed by atoms with van der Waals surface area (Å²) in [6, 6.07) is 24.1. The summed E-state index contributed by atoms with van der Waals surface area (Å²) in [5.41, 5.74) is 10.1. The molecule has 8 heteroatoms. The highest BCUT2D eigenvalue weighted by atomic mass is 35.5. The zero-order chi connectivity index (χ0) is 29.8. The molecule has 0 saturated carbocycles. The Bertz CT molecular complexity index is 1680. The van der Waals surface area contributed by atoms with Gasteiger partial charge in [-0.25, -0.2) is 0 Å². The summed E-state index contributed by atoms with van der Waals surface area (Å²) >= 11 is 6.14. The van der Waals surface area contributed by atoms with Crippen LogP contribution in [-0.2, 0) is 14.3 Å². The highest BCUT2D eigenvalue weighted by Crippen LogP contribution is 2.48. The number of nitrogens with two attached hydrogens (primary N) is 1. The quantitative estimate of drug-likeness (QED) is 0.340. The number of β-lactam (4-membered cyclic amide) rings is 1. The number of amides is 1. The van der Waals surface area contributed by atoms with Crippen LogP contribution in [0.4, 0.5) is 5.69 Å². The number of anilines is 1. The van der Waals surface area contributed by atoms with Gasteiger partial charge >= 0.3 is 0 Å². The van der Waals surface area contributed by atoms with Crippen LogP contribution >= 0.6 is 11.6 Å². The van der Waals surface area contributed by atoms with E-state index in [1.807, 2.05) is 69.3 Å². The number of rotatable bonds is 5. The van der Waals surface area contributed by atoms with Crippen molar-refractivity contribution in [3.63, 3.8) is 0 Å². The number of allylic oxidation sites excluding steroid dienone is 3. The number of halogens is 1. The maximum atomic E-state index is 13.4. The van der Waals surface area contributed by atoms with Crippen molar-refractivity contribution in [3.05, 3.63) is 117 Å². The van der Waals surface area contributed by atoms with Gasteiger partial charge in [0.1, 0.15) is 29.2 Å². The number of nitrogens with zero attached hydrogens (tertiary/aromatic N) is 2. The van der Waals surface area contributed by atoms with Gasteiger partial charge in [0, 0.05) is 29.1 Å². The third-order valence-corrected chi connectivity index (χ3v) is 8.37. The van der Waals surface area contributed by atoms with Crippen LogP contribution in [0.5, 0.6) is 5.75 Å². The third-order valence-electron chi connectivity index (χ3n) is 8.12. The molecule has 212 valence electrons. The fourth-order valence-electron chi connectivity index (χ4n) is 6.06. The molecule has 0 aromatic heterocycles. The number of ether oxygens (including phenoxy) is 2. The Hall–Kier alpha value is -4.54. The minimum absolute atomic E-state index is 0.0224. The first-order chi connectivity index (χ1) is 20.1. The van der Waals surface area contributed by atoms with Gasteiger partial charge in [0.05, 0.1) is 5.92 Å². The summed E-state index contributed by atoms with van der Waals surface area (Å²) in [7, 11) is 0. The van der Waals surface area contributed by atoms with Gasteiger partial charge in [0.25, 0.3) is 5.91 Å². The molecule has 1 unspecified atom stereocenters. The summed E-state index contributed by atoms with van der Waals surface area (Å²) in [5.74, 6) is 0.219. The maximum absolute atomic E-state index is 13.4. The van der Waals surface area contributed by atoms with Crippen LogP contribution in [-0.4, -0.2) is 17.8 Å². The summed E-state index contributed by atoms with van der Waals surface area (Å²) in [6.45, 7) is 6.02. The van der Waals surface area contributed by atoms with Crippen molar-refractivity contribution in [2.45, 2.75) is 51.7 Å². The van der Waals surface area contributed by atoms with Crippen LogP contribution in [0.2, 0.25) is 5.02 Å². The Kier molecular flexibility index (Phi) is 6.83. The van der Waals surface area contributed by atoms with Crippen LogP contribution in [0.1, 0.15) is 55.3 Å². The molecule has 1 fully saturated rings. The molecule has 6 rings (SSSR count). The van der Waals surface area contributed by atoms with Crippen molar-refractivity contribution in [1.29, 1.82) is 5.26 Å². The molecule has 7 nitrogen and oxygen atoms in total. The summed E-state index contributed by atoms with van der Waals surface area (Å²) in [6.07, 6.45) is 0.167. The Morgan fingerprint density at radius 3 is 2.26 bits per heavy atom. The number of aryl methyl sites for hydroxylation is 1. The second kappa shape index (κ2) is 10.4. The van der Waals surface area contributed by atoms with Crippen molar-refractivity contribution in [1.82, 2.24) is 0 Å². The first-order valence-corrected chi connectivity index (χ1v) is 14.2. The fourth-order valence-corrected chi connectivity index (χ4v) is 6.18. The number of carbonyl (C=O) groups is 2. The molecule has 2 aliphatic heterocycles. The van der Waals surface area contributed by atoms with Crippen molar-refractivity contribution in [2.24, 2.45) is 11.1 Å². The van der Waals surface area contributed by atoms with E-state index in [1.54, 1.807) is 29.2 Å². The Balaban J connectivity index is 1.30. The van der Waals surface area contributed by atoms with Crippen molar-refractivity contribution < 1.29 is 19.1 Å². The van der Waals surface area contributed by atoms with Gasteiger partial charge < -0.3 is 15.2 Å². The second-order valence-electron chi connectivity index (χ2n) is 11.9. The fraction of sp³-hybridized carbons (Fsp3) is 0.265. The molecular formula is C34H30ClN3O4. The molecule has 0 spiro atoms. The third kappa shape index (κ3) is 4.82. The molecule has 3 aliphatic rings. The predicted molar refractivity (Wildman–Crippen MR) is 159 cm³/mol. The minimum atomic E-state index is -0.747. The van der Waals surface area contributed by atoms with Gasteiger partial charge in [0.2, 0.25) is 12.0 Å². The average Bonchev–Trinajstić information content (AvgIpc) is 2.95. The monoisotopic (exact) mass is 579 g/mol. The number of hydrogen-bond donors (Lipinski definition) is 1. The Morgan fingerprint density at radius 2 is 1.62 bits per heavy atom. The van der Waals surface area contributed by atoms with E-state index in [0.29, 0.717) is 34.9 Å². The highest BCUT2D eigenvalue weighted by Gasteiger charge is 2.51. The molecule has 0 radical (unpaired) electrons. The zero-order valence-corrected chi connectivity index (χ0v) is 24.3. The number of hydrogen-bond acceptors (Lipinski definition) is 6. The molecule has 1 aliphatic carbocycles. The van der Waals surface area contributed by atoms with Gasteiger partial charge in [-0.15, -0.1) is 0 Å². The van der Waals surface area contributed by atoms with Crippen molar-refractivity contribution in [2.75, 3.05) is 4.90 Å². The largest absolute Gasteiger partial charge is 0.478 e. The van der Waals surface area contributed by atoms with Crippen molar-refractivity contribution in [3.8, 4) is 11.8 Å². The van der Waals surface area contributed by atoms with Gasteiger partial charge in [0.15, 0.2) is 5.78 Å². The summed E-state index contributed by atoms with van der Waals surface area (Å²) < 4.78 is 12.1. The molecule has 2 N–H and O–H groups in total. The average molecular weight is 580 g/mol. The minimum Gasteiger partial charge on any atom is -0.478 e. The van der Waals surface area contributed by atoms with E-state index in [-0.39, 0.29) is 34.6 Å². The Labute approximate surface area is 249 Å². The predicted octanol–water partition coefficient (Wildman–Crippen LogP) is 6.63. The first-order valence-electron chi connectivity index (χ1n) is 13.8. The van der Waals surface area contributed by atoms with E-state index in [4.69, 9.17) is 26.8 Å². The molecule has 42 heavy (non-hydrogen) atoms. The Morgan fingerprint density at radius 1 is 0.976 bits per heavy atom. The molecule has 3 aromatic carbocycles. The van der Waals surface area contributed by atoms with E-state index in [1.165, 1.54) is 0 Å². The van der Waals surface area contributed by atoms with Gasteiger partial charge in [-0.1, -0.05) is 67.4 Å². The van der Waals surface area contributed by atoms with E-state index in [9.17, 15) is 14.9 Å². The smallest absolute Gasteiger partial charge is 0.271 e. The van der Waals surface area contributed by atoms with Crippen LogP contribution in [0, 0.1) is 23.7 Å². The maximum Gasteiger partial charge on any atom is 0.271 e. The molecular weight excluding hydrogens is 550 g/mol. The van der Waals surface area contributed by atoms with Crippen LogP contribution in [0.3, 0.4) is 0 Å². The second-order valence-corrected chi connectivity index (χ2v) is 12.3. The van der Waals surface area contributed by atoms with E-state index < -0.39 is 12.0 Å². The van der Waals surface area contributed by atoms with E-state index in [0.717, 1.165) is 22.4 Å². The lowest BCUT2D eigenvalue weighted by molar-refractivity contribution is -0.135. The molecule has 1 saturated heterocycles. The standard InChI is InChI=1S/C34H30ClN3O4/c1-19-4-12-23(13-5-19)38-30(21-6-10-22(35)11-7-21)31(33(38)40)41-24-14-8-20(9-15-24)28-25(18-36)32(37)42-27-17-34(2,3)16-26(39)29(27)28/h4-15,28,30-31H,16-17,37H2,1-3H3/t28?,30-,31+/m0/s1. The number of benzene rings is 3. The number of ketones is 1. The lowest BCUT2D eigenvalue weighted by atomic mass is 9.70. The molecule has 3 aromatic rings. The topological polar surface area (TPSA) is 106 Å². The van der Waals surface area contributed by atoms with Crippen LogP contribution in [0.15, 0.2) is 95.6 Å². The van der Waals surface area contributed by atoms with Gasteiger partial charge in [-0.05, 0) is 59.9 Å². The summed E-state index contributed by atoms with van der Waals surface area (Å²) in [5, 5.41) is 10.5. The highest BCUT2D eigenvalue weighted by molar-refractivity contribution is 6.30. The molecule has 1 amide bonds. The molecule has 2 heterocycles. The number of nitriles is 1. The zero-order valence-electron chi connectivity index (χ0n) is 23.6. The summed E-state index contributed by atoms with van der Waals surface area (Å²) in [4.78, 5) is 28.4. The van der Waals surface area contributed by atoms with Crippen LogP contribution in [0.25, 0.3) is 0 Å². The van der Waals surface area contributed by atoms with Crippen molar-refractivity contribution >= 4 is 29.0 Å². The number of Topliss-reactive ketones (excluding diaryl/α,β-unsaturated/α-hetero) is 1. The van der Waals surface area contributed by atoms with Crippen LogP contribution < -0.4 is 15.4 Å². The normalized spacial score (nSPS) is 23.1. The number of carbonyl (C=O) groups excluding carboxylic acids is 2. The lowest BCUT2D eigenvalue weighted by Gasteiger charge is -2.46. The SMILES string of the molecule is Cc1ccc(N2C(=O)[C@H](Oc3ccc(C4C(C#N)=C(N)OC5=C4C(=O)CC(C)(C)C5)cc3)[C@@H]2c2ccc(Cl)cc2)cc1. The van der Waals surface area contributed by atoms with E-state index in [2.05, 4.69) is 6.07 Å². The molecule has 3 atom stereocenters. The molecule has 0 bridgehead atoms. The van der Waals surface area contributed by atoms with Gasteiger partial charge in [-0.3, -0.25) is 14.5 Å².